The zero-order chi connectivity index (χ0) is 22.3. The number of amides is 2. The number of carbonyl (C=O) groups excluding carboxylic acids is 2. The highest BCUT2D eigenvalue weighted by molar-refractivity contribution is 7.84. The summed E-state index contributed by atoms with van der Waals surface area (Å²) in [5.41, 5.74) is 7.31. The second kappa shape index (κ2) is 8.26. The molecule has 0 radical (unpaired) electrons. The topological polar surface area (TPSA) is 97.4 Å². The van der Waals surface area contributed by atoms with E-state index in [4.69, 9.17) is 17.3 Å². The highest BCUT2D eigenvalue weighted by Crippen LogP contribution is 2.30. The average molecular weight is 461 g/mol. The van der Waals surface area contributed by atoms with E-state index < -0.39 is 34.6 Å². The van der Waals surface area contributed by atoms with Crippen LogP contribution in [0.4, 0.5) is 15.8 Å². The summed E-state index contributed by atoms with van der Waals surface area (Å²) < 4.78 is 26.8. The van der Waals surface area contributed by atoms with Crippen LogP contribution in [-0.4, -0.2) is 33.4 Å². The monoisotopic (exact) mass is 460 g/mol. The number of aromatic nitrogens is 1. The van der Waals surface area contributed by atoms with Gasteiger partial charge in [-0.15, -0.1) is 0 Å². The number of fused-ring (bicyclic) bond motifs is 1. The standard InChI is InChI=1S/C21H18ClFN4O3S/c1-31(30)14-4-2-3-12(9-14)25-20(28)15-7-8-26-18(24)11-27(21(29)19(15)26)13-5-6-17(23)16(22)10-13/h2-10,18H,11,24H2,1H3,(H,25,28)/t18-,31?/m1/s1. The van der Waals surface area contributed by atoms with Crippen LogP contribution in [0.2, 0.25) is 5.02 Å². The van der Waals surface area contributed by atoms with Crippen molar-refractivity contribution >= 4 is 45.6 Å². The molecule has 4 rings (SSSR count). The Morgan fingerprint density at radius 2 is 2.03 bits per heavy atom. The van der Waals surface area contributed by atoms with Gasteiger partial charge in [-0.2, -0.15) is 0 Å². The third-order valence-electron chi connectivity index (χ3n) is 4.97. The van der Waals surface area contributed by atoms with Gasteiger partial charge in [-0.25, -0.2) is 4.39 Å². The Balaban J connectivity index is 1.67. The Hall–Kier alpha value is -3.01. The molecule has 1 aliphatic heterocycles. The molecule has 0 saturated heterocycles. The molecule has 2 atom stereocenters. The third-order valence-corrected chi connectivity index (χ3v) is 6.18. The predicted octanol–water partition coefficient (Wildman–Crippen LogP) is 3.39. The number of anilines is 2. The number of nitrogens with zero attached hydrogens (tertiary/aromatic N) is 2. The molecule has 0 fully saturated rings. The number of nitrogens with one attached hydrogen (secondary N) is 1. The summed E-state index contributed by atoms with van der Waals surface area (Å²) in [5.74, 6) is -1.56. The summed E-state index contributed by atoms with van der Waals surface area (Å²) in [6.45, 7) is 0.133. The van der Waals surface area contributed by atoms with Gasteiger partial charge in [-0.05, 0) is 42.5 Å². The maximum Gasteiger partial charge on any atom is 0.275 e. The normalized spacial score (nSPS) is 16.7. The van der Waals surface area contributed by atoms with Crippen LogP contribution >= 0.6 is 11.6 Å². The molecular formula is C21H18ClFN4O3S. The molecule has 1 unspecified atom stereocenters. The number of hydrogen-bond acceptors (Lipinski definition) is 4. The summed E-state index contributed by atoms with van der Waals surface area (Å²) in [7, 11) is -1.20. The van der Waals surface area contributed by atoms with E-state index in [0.29, 0.717) is 16.3 Å². The molecule has 0 aliphatic carbocycles. The van der Waals surface area contributed by atoms with E-state index in [9.17, 15) is 18.2 Å². The maximum atomic E-state index is 13.5. The molecule has 31 heavy (non-hydrogen) atoms. The van der Waals surface area contributed by atoms with Gasteiger partial charge in [-0.1, -0.05) is 17.7 Å². The lowest BCUT2D eigenvalue weighted by Crippen LogP contribution is -2.46. The Bertz CT molecular complexity index is 1230. The first-order chi connectivity index (χ1) is 14.8. The zero-order valence-electron chi connectivity index (χ0n) is 16.3. The van der Waals surface area contributed by atoms with Crippen molar-refractivity contribution in [2.75, 3.05) is 23.0 Å². The lowest BCUT2D eigenvalue weighted by Gasteiger charge is -2.33. The Kier molecular flexibility index (Phi) is 5.65. The van der Waals surface area contributed by atoms with Gasteiger partial charge in [0.15, 0.2) is 0 Å². The van der Waals surface area contributed by atoms with Crippen LogP contribution in [0.1, 0.15) is 27.0 Å². The number of nitrogens with two attached hydrogens (primary N) is 1. The molecular weight excluding hydrogens is 443 g/mol. The van der Waals surface area contributed by atoms with Gasteiger partial charge in [0.2, 0.25) is 0 Å². The van der Waals surface area contributed by atoms with Gasteiger partial charge in [0.25, 0.3) is 11.8 Å². The highest BCUT2D eigenvalue weighted by atomic mass is 35.5. The molecule has 10 heteroatoms. The fourth-order valence-corrected chi connectivity index (χ4v) is 4.18. The highest BCUT2D eigenvalue weighted by Gasteiger charge is 2.34. The first-order valence-corrected chi connectivity index (χ1v) is 11.2. The van der Waals surface area contributed by atoms with E-state index in [2.05, 4.69) is 5.32 Å². The van der Waals surface area contributed by atoms with Crippen molar-refractivity contribution in [3.05, 3.63) is 76.8 Å². The number of rotatable bonds is 4. The van der Waals surface area contributed by atoms with Gasteiger partial charge >= 0.3 is 0 Å². The van der Waals surface area contributed by atoms with Crippen LogP contribution in [0.5, 0.6) is 0 Å². The summed E-state index contributed by atoms with van der Waals surface area (Å²) in [6.07, 6.45) is 2.52. The molecule has 2 heterocycles. The molecule has 3 aromatic rings. The molecule has 0 bridgehead atoms. The van der Waals surface area contributed by atoms with E-state index in [1.807, 2.05) is 0 Å². The maximum absolute atomic E-state index is 13.5. The molecule has 160 valence electrons. The van der Waals surface area contributed by atoms with Gasteiger partial charge < -0.3 is 20.5 Å². The Labute approximate surface area is 185 Å². The van der Waals surface area contributed by atoms with Crippen LogP contribution in [-0.2, 0) is 10.8 Å². The summed E-state index contributed by atoms with van der Waals surface area (Å²) in [5, 5.41) is 2.61. The van der Waals surface area contributed by atoms with E-state index >= 15 is 0 Å². The lowest BCUT2D eigenvalue weighted by atomic mass is 10.1. The Morgan fingerprint density at radius 1 is 1.26 bits per heavy atom. The number of hydrogen-bond donors (Lipinski definition) is 2. The van der Waals surface area contributed by atoms with Gasteiger partial charge in [0.1, 0.15) is 11.5 Å². The van der Waals surface area contributed by atoms with Crippen molar-refractivity contribution in [2.45, 2.75) is 11.1 Å². The molecule has 2 aromatic carbocycles. The Morgan fingerprint density at radius 3 is 2.74 bits per heavy atom. The second-order valence-corrected chi connectivity index (χ2v) is 8.79. The van der Waals surface area contributed by atoms with E-state index in [1.165, 1.54) is 33.7 Å². The quantitative estimate of drug-likeness (QED) is 0.623. The third kappa shape index (κ3) is 3.99. The number of benzene rings is 2. The SMILES string of the molecule is CS(=O)c1cccc(NC(=O)c2ccn3c2C(=O)N(c2ccc(F)c(Cl)c2)C[C@@H]3N)c1. The van der Waals surface area contributed by atoms with Crippen LogP contribution < -0.4 is 16.0 Å². The van der Waals surface area contributed by atoms with E-state index in [0.717, 1.165) is 0 Å². The van der Waals surface area contributed by atoms with Crippen molar-refractivity contribution < 1.29 is 18.2 Å². The molecule has 3 N–H and O–H groups in total. The van der Waals surface area contributed by atoms with Crippen LogP contribution in [0.3, 0.4) is 0 Å². The summed E-state index contributed by atoms with van der Waals surface area (Å²) in [6, 6.07) is 12.1. The van der Waals surface area contributed by atoms with Crippen LogP contribution in [0.25, 0.3) is 0 Å². The number of halogens is 2. The van der Waals surface area contributed by atoms with Gasteiger partial charge in [-0.3, -0.25) is 13.8 Å². The van der Waals surface area contributed by atoms with Crippen LogP contribution in [0, 0.1) is 5.82 Å². The largest absolute Gasteiger partial charge is 0.325 e. The fraction of sp³-hybridized carbons (Fsp3) is 0.143. The van der Waals surface area contributed by atoms with Crippen LogP contribution in [0.15, 0.2) is 59.6 Å². The smallest absolute Gasteiger partial charge is 0.275 e. The van der Waals surface area contributed by atoms with E-state index in [1.54, 1.807) is 36.7 Å². The average Bonchev–Trinajstić information content (AvgIpc) is 3.19. The predicted molar refractivity (Wildman–Crippen MR) is 117 cm³/mol. The summed E-state index contributed by atoms with van der Waals surface area (Å²) in [4.78, 5) is 28.1. The zero-order valence-corrected chi connectivity index (χ0v) is 17.9. The minimum absolute atomic E-state index is 0.118. The molecule has 1 aromatic heterocycles. The first kappa shape index (κ1) is 21.2. The van der Waals surface area contributed by atoms with Gasteiger partial charge in [0.05, 0.1) is 23.3 Å². The second-order valence-electron chi connectivity index (χ2n) is 7.00. The first-order valence-electron chi connectivity index (χ1n) is 9.24. The minimum atomic E-state index is -1.20. The molecule has 0 saturated carbocycles. The molecule has 0 spiro atoms. The fourth-order valence-electron chi connectivity index (χ4n) is 3.45. The van der Waals surface area contributed by atoms with E-state index in [-0.39, 0.29) is 22.8 Å². The summed E-state index contributed by atoms with van der Waals surface area (Å²) >= 11 is 5.87. The number of carbonyl (C=O) groups is 2. The van der Waals surface area contributed by atoms with Crippen molar-refractivity contribution in [1.29, 1.82) is 0 Å². The lowest BCUT2D eigenvalue weighted by molar-refractivity contribution is 0.0941. The molecule has 1 aliphatic rings. The molecule has 2 amide bonds. The van der Waals surface area contributed by atoms with Gasteiger partial charge in [0, 0.05) is 39.5 Å². The van der Waals surface area contributed by atoms with Crippen molar-refractivity contribution in [2.24, 2.45) is 5.73 Å². The molecule has 7 nitrogen and oxygen atoms in total. The van der Waals surface area contributed by atoms with Crippen molar-refractivity contribution in [3.63, 3.8) is 0 Å². The van der Waals surface area contributed by atoms with Crippen molar-refractivity contribution in [1.82, 2.24) is 4.57 Å². The minimum Gasteiger partial charge on any atom is -0.325 e. The van der Waals surface area contributed by atoms with Crippen molar-refractivity contribution in [3.8, 4) is 0 Å².